The van der Waals surface area contributed by atoms with Gasteiger partial charge in [0.2, 0.25) is 0 Å². The van der Waals surface area contributed by atoms with Crippen LogP contribution in [-0.2, 0) is 5.75 Å². The lowest BCUT2D eigenvalue weighted by Gasteiger charge is -2.07. The smallest absolute Gasteiger partial charge is 0.134 e. The number of hydrogen-bond acceptors (Lipinski definition) is 4. The highest BCUT2D eigenvalue weighted by molar-refractivity contribution is 7.98. The molecule has 0 atom stereocenters. The zero-order valence-electron chi connectivity index (χ0n) is 9.90. The molecule has 0 spiro atoms. The van der Waals surface area contributed by atoms with Gasteiger partial charge in [0.25, 0.3) is 0 Å². The molecule has 0 aliphatic carbocycles. The number of thioether (sulfide) groups is 1. The van der Waals surface area contributed by atoms with E-state index in [2.05, 4.69) is 0 Å². The first-order chi connectivity index (χ1) is 8.19. The minimum absolute atomic E-state index is 0.708. The fraction of sp³-hybridized carbons (Fsp3) is 0.231. The van der Waals surface area contributed by atoms with Crippen LogP contribution in [0, 0.1) is 6.92 Å². The summed E-state index contributed by atoms with van der Waals surface area (Å²) in [4.78, 5) is 1.07. The molecule has 0 radical (unpaired) electrons. The van der Waals surface area contributed by atoms with Crippen molar-refractivity contribution in [3.8, 4) is 5.75 Å². The predicted molar refractivity (Wildman–Crippen MR) is 70.4 cm³/mol. The average molecular weight is 249 g/mol. The fourth-order valence-corrected chi connectivity index (χ4v) is 2.42. The monoisotopic (exact) mass is 249 g/mol. The Kier molecular flexibility index (Phi) is 3.64. The topological polar surface area (TPSA) is 48.4 Å². The highest BCUT2D eigenvalue weighted by atomic mass is 32.2. The summed E-state index contributed by atoms with van der Waals surface area (Å²) in [7, 11) is 1.65. The molecular formula is C13H15NO2S. The lowest BCUT2D eigenvalue weighted by atomic mass is 10.3. The second-order valence-electron chi connectivity index (χ2n) is 3.71. The molecule has 2 rings (SSSR count). The van der Waals surface area contributed by atoms with E-state index in [1.165, 1.54) is 0 Å². The molecule has 2 N–H and O–H groups in total. The average Bonchev–Trinajstić information content (AvgIpc) is 2.73. The van der Waals surface area contributed by atoms with Crippen molar-refractivity contribution in [2.45, 2.75) is 17.6 Å². The normalized spacial score (nSPS) is 10.5. The van der Waals surface area contributed by atoms with Crippen molar-refractivity contribution in [2.24, 2.45) is 0 Å². The molecule has 0 bridgehead atoms. The molecule has 17 heavy (non-hydrogen) atoms. The standard InChI is InChI=1S/C13H15NO2S/c1-9-3-5-11(16-9)8-17-13-6-4-10(14)7-12(13)15-2/h3-7H,8,14H2,1-2H3. The maximum absolute atomic E-state index is 5.71. The Morgan fingerprint density at radius 1 is 1.29 bits per heavy atom. The lowest BCUT2D eigenvalue weighted by molar-refractivity contribution is 0.405. The van der Waals surface area contributed by atoms with Crippen molar-refractivity contribution in [3.05, 3.63) is 41.9 Å². The quantitative estimate of drug-likeness (QED) is 0.665. The maximum Gasteiger partial charge on any atom is 0.134 e. The molecule has 1 heterocycles. The van der Waals surface area contributed by atoms with Gasteiger partial charge in [-0.1, -0.05) is 0 Å². The number of anilines is 1. The first-order valence-corrected chi connectivity index (χ1v) is 6.29. The number of hydrogen-bond donors (Lipinski definition) is 1. The summed E-state index contributed by atoms with van der Waals surface area (Å²) in [6.45, 7) is 1.94. The molecule has 0 aliphatic heterocycles. The van der Waals surface area contributed by atoms with E-state index >= 15 is 0 Å². The highest BCUT2D eigenvalue weighted by Crippen LogP contribution is 2.33. The Hall–Kier alpha value is -1.55. The summed E-state index contributed by atoms with van der Waals surface area (Å²) in [5.74, 6) is 3.49. The summed E-state index contributed by atoms with van der Waals surface area (Å²) in [6, 6.07) is 9.63. The van der Waals surface area contributed by atoms with Gasteiger partial charge in [0, 0.05) is 16.6 Å². The van der Waals surface area contributed by atoms with Gasteiger partial charge >= 0.3 is 0 Å². The number of ether oxygens (including phenoxy) is 1. The van der Waals surface area contributed by atoms with Gasteiger partial charge in [-0.3, -0.25) is 0 Å². The zero-order valence-corrected chi connectivity index (χ0v) is 10.7. The molecule has 0 saturated heterocycles. The summed E-state index contributed by atoms with van der Waals surface area (Å²) in [6.07, 6.45) is 0. The molecule has 0 unspecified atom stereocenters. The van der Waals surface area contributed by atoms with Crippen LogP contribution in [-0.4, -0.2) is 7.11 Å². The molecule has 0 amide bonds. The molecule has 0 aliphatic rings. The van der Waals surface area contributed by atoms with Crippen molar-refractivity contribution in [1.82, 2.24) is 0 Å². The van der Waals surface area contributed by atoms with Crippen molar-refractivity contribution in [3.63, 3.8) is 0 Å². The van der Waals surface area contributed by atoms with Crippen molar-refractivity contribution in [1.29, 1.82) is 0 Å². The molecule has 3 nitrogen and oxygen atoms in total. The number of benzene rings is 1. The Balaban J connectivity index is 2.08. The summed E-state index contributed by atoms with van der Waals surface area (Å²) in [5.41, 5.74) is 6.41. The van der Waals surface area contributed by atoms with Gasteiger partial charge in [-0.25, -0.2) is 0 Å². The summed E-state index contributed by atoms with van der Waals surface area (Å²) in [5, 5.41) is 0. The predicted octanol–water partition coefficient (Wildman–Crippen LogP) is 3.47. The number of methoxy groups -OCH3 is 1. The van der Waals surface area contributed by atoms with Crippen LogP contribution in [0.2, 0.25) is 0 Å². The Bertz CT molecular complexity index is 508. The molecule has 0 saturated carbocycles. The molecule has 2 aromatic rings. The van der Waals surface area contributed by atoms with Crippen LogP contribution in [0.15, 0.2) is 39.6 Å². The summed E-state index contributed by atoms with van der Waals surface area (Å²) < 4.78 is 10.8. The Morgan fingerprint density at radius 3 is 2.76 bits per heavy atom. The third kappa shape index (κ3) is 2.97. The van der Waals surface area contributed by atoms with Crippen LogP contribution in [0.25, 0.3) is 0 Å². The number of nitrogens with two attached hydrogens (primary N) is 1. The largest absolute Gasteiger partial charge is 0.496 e. The van der Waals surface area contributed by atoms with Gasteiger partial charge < -0.3 is 14.9 Å². The molecule has 4 heteroatoms. The van der Waals surface area contributed by atoms with E-state index in [4.69, 9.17) is 14.9 Å². The van der Waals surface area contributed by atoms with E-state index in [1.54, 1.807) is 18.9 Å². The molecular weight excluding hydrogens is 234 g/mol. The van der Waals surface area contributed by atoms with Crippen molar-refractivity contribution >= 4 is 17.4 Å². The van der Waals surface area contributed by atoms with Gasteiger partial charge in [-0.05, 0) is 31.2 Å². The van der Waals surface area contributed by atoms with Gasteiger partial charge in [0.05, 0.1) is 12.9 Å². The minimum atomic E-state index is 0.708. The van der Waals surface area contributed by atoms with Crippen LogP contribution in [0.3, 0.4) is 0 Å². The van der Waals surface area contributed by atoms with Crippen LogP contribution in [0.1, 0.15) is 11.5 Å². The third-order valence-corrected chi connectivity index (χ3v) is 3.43. The van der Waals surface area contributed by atoms with E-state index < -0.39 is 0 Å². The molecule has 0 fully saturated rings. The summed E-state index contributed by atoms with van der Waals surface area (Å²) >= 11 is 1.67. The SMILES string of the molecule is COc1cc(N)ccc1SCc1ccc(C)o1. The second kappa shape index (κ2) is 5.19. The van der Waals surface area contributed by atoms with Gasteiger partial charge in [0.15, 0.2) is 0 Å². The minimum Gasteiger partial charge on any atom is -0.496 e. The van der Waals surface area contributed by atoms with E-state index in [1.807, 2.05) is 37.3 Å². The number of nitrogen functional groups attached to an aromatic ring is 1. The number of aryl methyl sites for hydroxylation is 1. The second-order valence-corrected chi connectivity index (χ2v) is 4.73. The Morgan fingerprint density at radius 2 is 2.12 bits per heavy atom. The molecule has 90 valence electrons. The molecule has 1 aromatic heterocycles. The maximum atomic E-state index is 5.71. The van der Waals surface area contributed by atoms with Crippen LogP contribution in [0.4, 0.5) is 5.69 Å². The number of rotatable bonds is 4. The van der Waals surface area contributed by atoms with Crippen LogP contribution >= 0.6 is 11.8 Å². The molecule has 1 aromatic carbocycles. The first kappa shape index (κ1) is 11.9. The highest BCUT2D eigenvalue weighted by Gasteiger charge is 2.06. The fourth-order valence-electron chi connectivity index (χ4n) is 1.52. The van der Waals surface area contributed by atoms with E-state index in [9.17, 15) is 0 Å². The van der Waals surface area contributed by atoms with Crippen molar-refractivity contribution < 1.29 is 9.15 Å². The van der Waals surface area contributed by atoms with E-state index in [0.717, 1.165) is 27.9 Å². The van der Waals surface area contributed by atoms with Gasteiger partial charge in [-0.15, -0.1) is 11.8 Å². The van der Waals surface area contributed by atoms with Crippen molar-refractivity contribution in [2.75, 3.05) is 12.8 Å². The number of furan rings is 1. The lowest BCUT2D eigenvalue weighted by Crippen LogP contribution is -1.90. The van der Waals surface area contributed by atoms with E-state index in [0.29, 0.717) is 5.69 Å². The van der Waals surface area contributed by atoms with E-state index in [-0.39, 0.29) is 0 Å². The Labute approximate surface area is 105 Å². The van der Waals surface area contributed by atoms with Gasteiger partial charge in [-0.2, -0.15) is 0 Å². The van der Waals surface area contributed by atoms with Crippen LogP contribution < -0.4 is 10.5 Å². The first-order valence-electron chi connectivity index (χ1n) is 5.30. The van der Waals surface area contributed by atoms with Gasteiger partial charge in [0.1, 0.15) is 17.3 Å². The third-order valence-electron chi connectivity index (χ3n) is 2.35. The zero-order chi connectivity index (χ0) is 12.3. The van der Waals surface area contributed by atoms with Crippen LogP contribution in [0.5, 0.6) is 5.75 Å².